The van der Waals surface area contributed by atoms with Crippen LogP contribution in [0.25, 0.3) is 0 Å². The van der Waals surface area contributed by atoms with Gasteiger partial charge < -0.3 is 11.1 Å². The second-order valence-corrected chi connectivity index (χ2v) is 4.64. The van der Waals surface area contributed by atoms with Crippen molar-refractivity contribution in [2.75, 3.05) is 12.3 Å². The Morgan fingerprint density at radius 1 is 1.71 bits per heavy atom. The van der Waals surface area contributed by atoms with Gasteiger partial charge in [0.05, 0.1) is 0 Å². The molecule has 1 heterocycles. The van der Waals surface area contributed by atoms with Gasteiger partial charge in [-0.3, -0.25) is 4.79 Å². The molecule has 6 heteroatoms. The lowest BCUT2D eigenvalue weighted by Gasteiger charge is -1.99. The molecule has 0 aliphatic heterocycles. The minimum atomic E-state index is -0.168. The molecule has 1 saturated carbocycles. The van der Waals surface area contributed by atoms with Gasteiger partial charge in [0.2, 0.25) is 10.1 Å². The Bertz CT molecular complexity index is 351. The average Bonchev–Trinajstić information content (AvgIpc) is 2.66. The number of nitrogens with two attached hydrogens (primary N) is 1. The van der Waals surface area contributed by atoms with Crippen molar-refractivity contribution < 1.29 is 4.79 Å². The second kappa shape index (κ2) is 3.53. The Kier molecular flexibility index (Phi) is 2.37. The molecule has 0 bridgehead atoms. The minimum Gasteiger partial charge on any atom is -0.374 e. The van der Waals surface area contributed by atoms with E-state index in [-0.39, 0.29) is 5.91 Å². The summed E-state index contributed by atoms with van der Waals surface area (Å²) in [6, 6.07) is 0. The SMILES string of the molecule is CC1CC1CNC(=O)c1nnc(N)s1. The molecule has 76 valence electrons. The number of hydrogen-bond donors (Lipinski definition) is 2. The van der Waals surface area contributed by atoms with Crippen LogP contribution < -0.4 is 11.1 Å². The van der Waals surface area contributed by atoms with Crippen LogP contribution in [0.15, 0.2) is 0 Å². The molecule has 3 N–H and O–H groups in total. The summed E-state index contributed by atoms with van der Waals surface area (Å²) in [4.78, 5) is 11.4. The number of carbonyl (C=O) groups is 1. The van der Waals surface area contributed by atoms with Crippen LogP contribution in [-0.4, -0.2) is 22.6 Å². The number of nitrogen functional groups attached to an aromatic ring is 1. The third-order valence-corrected chi connectivity index (χ3v) is 3.19. The second-order valence-electron chi connectivity index (χ2n) is 3.63. The summed E-state index contributed by atoms with van der Waals surface area (Å²) in [6.07, 6.45) is 1.21. The number of nitrogens with zero attached hydrogens (tertiary/aromatic N) is 2. The number of amides is 1. The van der Waals surface area contributed by atoms with Gasteiger partial charge in [0, 0.05) is 6.54 Å². The zero-order valence-electron chi connectivity index (χ0n) is 7.86. The third-order valence-electron chi connectivity index (χ3n) is 2.44. The summed E-state index contributed by atoms with van der Waals surface area (Å²) in [5, 5.41) is 10.7. The monoisotopic (exact) mass is 212 g/mol. The molecule has 1 aliphatic carbocycles. The topological polar surface area (TPSA) is 80.9 Å². The molecule has 0 spiro atoms. The quantitative estimate of drug-likeness (QED) is 0.764. The van der Waals surface area contributed by atoms with E-state index in [1.807, 2.05) is 0 Å². The summed E-state index contributed by atoms with van der Waals surface area (Å²) in [7, 11) is 0. The van der Waals surface area contributed by atoms with E-state index in [0.717, 1.165) is 23.8 Å². The summed E-state index contributed by atoms with van der Waals surface area (Å²) < 4.78 is 0. The van der Waals surface area contributed by atoms with Crippen molar-refractivity contribution >= 4 is 22.4 Å². The molecule has 14 heavy (non-hydrogen) atoms. The van der Waals surface area contributed by atoms with Crippen LogP contribution in [0.5, 0.6) is 0 Å². The fourth-order valence-corrected chi connectivity index (χ4v) is 1.84. The molecule has 1 aromatic rings. The maximum absolute atomic E-state index is 11.4. The highest BCUT2D eigenvalue weighted by molar-refractivity contribution is 7.16. The minimum absolute atomic E-state index is 0.168. The lowest BCUT2D eigenvalue weighted by atomic mass is 10.3. The molecular weight excluding hydrogens is 200 g/mol. The number of rotatable bonds is 3. The number of hydrogen-bond acceptors (Lipinski definition) is 5. The van der Waals surface area contributed by atoms with Gasteiger partial charge >= 0.3 is 0 Å². The maximum atomic E-state index is 11.4. The zero-order chi connectivity index (χ0) is 10.1. The molecule has 1 amide bonds. The molecule has 2 rings (SSSR count). The molecule has 0 saturated heterocycles. The highest BCUT2D eigenvalue weighted by atomic mass is 32.1. The van der Waals surface area contributed by atoms with Crippen LogP contribution in [0.4, 0.5) is 5.13 Å². The molecule has 0 aromatic carbocycles. The molecule has 2 unspecified atom stereocenters. The predicted octanol–water partition coefficient (Wildman–Crippen LogP) is 0.506. The van der Waals surface area contributed by atoms with Gasteiger partial charge in [0.1, 0.15) is 0 Å². The van der Waals surface area contributed by atoms with Crippen LogP contribution in [0, 0.1) is 11.8 Å². The van der Waals surface area contributed by atoms with Crippen LogP contribution in [0.2, 0.25) is 0 Å². The highest BCUT2D eigenvalue weighted by Gasteiger charge is 2.32. The van der Waals surface area contributed by atoms with E-state index in [0.29, 0.717) is 16.1 Å². The van der Waals surface area contributed by atoms with Gasteiger partial charge in [-0.05, 0) is 18.3 Å². The lowest BCUT2D eigenvalue weighted by molar-refractivity contribution is 0.0950. The Morgan fingerprint density at radius 3 is 2.93 bits per heavy atom. The van der Waals surface area contributed by atoms with Crippen LogP contribution in [0.1, 0.15) is 23.1 Å². The maximum Gasteiger partial charge on any atom is 0.282 e. The largest absolute Gasteiger partial charge is 0.374 e. The summed E-state index contributed by atoms with van der Waals surface area (Å²) in [5.74, 6) is 1.22. The Hall–Kier alpha value is -1.17. The van der Waals surface area contributed by atoms with E-state index in [2.05, 4.69) is 22.4 Å². The smallest absolute Gasteiger partial charge is 0.282 e. The van der Waals surface area contributed by atoms with E-state index in [1.165, 1.54) is 6.42 Å². The molecular formula is C8H12N4OS. The third kappa shape index (κ3) is 2.01. The molecule has 1 fully saturated rings. The van der Waals surface area contributed by atoms with Gasteiger partial charge in [-0.2, -0.15) is 0 Å². The van der Waals surface area contributed by atoms with Gasteiger partial charge in [0.25, 0.3) is 5.91 Å². The van der Waals surface area contributed by atoms with E-state index in [1.54, 1.807) is 0 Å². The fourth-order valence-electron chi connectivity index (χ4n) is 1.31. The van der Waals surface area contributed by atoms with Crippen LogP contribution in [-0.2, 0) is 0 Å². The van der Waals surface area contributed by atoms with Gasteiger partial charge in [-0.15, -0.1) is 10.2 Å². The number of anilines is 1. The van der Waals surface area contributed by atoms with Crippen molar-refractivity contribution in [3.63, 3.8) is 0 Å². The van der Waals surface area contributed by atoms with Crippen molar-refractivity contribution in [1.29, 1.82) is 0 Å². The van der Waals surface area contributed by atoms with E-state index in [4.69, 9.17) is 5.73 Å². The van der Waals surface area contributed by atoms with Crippen molar-refractivity contribution in [3.05, 3.63) is 5.01 Å². The van der Waals surface area contributed by atoms with Gasteiger partial charge in [-0.25, -0.2) is 0 Å². The Morgan fingerprint density at radius 2 is 2.43 bits per heavy atom. The fraction of sp³-hybridized carbons (Fsp3) is 0.625. The van der Waals surface area contributed by atoms with Crippen molar-refractivity contribution in [2.45, 2.75) is 13.3 Å². The van der Waals surface area contributed by atoms with Crippen molar-refractivity contribution in [2.24, 2.45) is 11.8 Å². The molecule has 2 atom stereocenters. The Balaban J connectivity index is 1.83. The molecule has 5 nitrogen and oxygen atoms in total. The first-order chi connectivity index (χ1) is 6.66. The zero-order valence-corrected chi connectivity index (χ0v) is 8.67. The van der Waals surface area contributed by atoms with Crippen molar-refractivity contribution in [1.82, 2.24) is 15.5 Å². The number of carbonyl (C=O) groups excluding carboxylic acids is 1. The highest BCUT2D eigenvalue weighted by Crippen LogP contribution is 2.36. The standard InChI is InChI=1S/C8H12N4OS/c1-4-2-5(4)3-10-6(13)7-11-12-8(9)14-7/h4-5H,2-3H2,1H3,(H2,9,12)(H,10,13). The van der Waals surface area contributed by atoms with Crippen molar-refractivity contribution in [3.8, 4) is 0 Å². The predicted molar refractivity (Wildman–Crippen MR) is 53.9 cm³/mol. The lowest BCUT2D eigenvalue weighted by Crippen LogP contribution is -2.25. The van der Waals surface area contributed by atoms with Gasteiger partial charge in [0.15, 0.2) is 0 Å². The van der Waals surface area contributed by atoms with Gasteiger partial charge in [-0.1, -0.05) is 18.3 Å². The molecule has 0 radical (unpaired) electrons. The van der Waals surface area contributed by atoms with E-state index < -0.39 is 0 Å². The summed E-state index contributed by atoms with van der Waals surface area (Å²) in [6.45, 7) is 2.92. The van der Waals surface area contributed by atoms with Crippen LogP contribution >= 0.6 is 11.3 Å². The normalized spacial score (nSPS) is 24.6. The summed E-state index contributed by atoms with van der Waals surface area (Å²) >= 11 is 1.11. The first-order valence-electron chi connectivity index (χ1n) is 4.54. The summed E-state index contributed by atoms with van der Waals surface area (Å²) in [5.41, 5.74) is 5.37. The first kappa shape index (κ1) is 9.39. The molecule has 1 aliphatic rings. The number of aromatic nitrogens is 2. The number of nitrogens with one attached hydrogen (secondary N) is 1. The average molecular weight is 212 g/mol. The molecule has 1 aromatic heterocycles. The van der Waals surface area contributed by atoms with E-state index >= 15 is 0 Å². The first-order valence-corrected chi connectivity index (χ1v) is 5.35. The van der Waals surface area contributed by atoms with E-state index in [9.17, 15) is 4.79 Å². The van der Waals surface area contributed by atoms with Crippen LogP contribution in [0.3, 0.4) is 0 Å². The Labute approximate surface area is 85.7 Å².